The third-order valence-electron chi connectivity index (χ3n) is 3.90. The first kappa shape index (κ1) is 14.5. The Bertz CT molecular complexity index is 501. The van der Waals surface area contributed by atoms with Crippen molar-refractivity contribution in [2.45, 2.75) is 25.8 Å². The summed E-state index contributed by atoms with van der Waals surface area (Å²) in [5, 5.41) is 10.6. The average Bonchev–Trinajstić information content (AvgIpc) is 2.47. The van der Waals surface area contributed by atoms with E-state index in [0.29, 0.717) is 24.6 Å². The minimum Gasteiger partial charge on any atom is -0.336 e. The van der Waals surface area contributed by atoms with E-state index in [2.05, 4.69) is 0 Å². The molecule has 1 aliphatic heterocycles. The Morgan fingerprint density at radius 1 is 1.40 bits per heavy atom. The lowest BCUT2D eigenvalue weighted by Gasteiger charge is -2.37. The number of piperidine rings is 1. The maximum Gasteiger partial charge on any atom is 0.269 e. The molecule has 0 saturated carbocycles. The van der Waals surface area contributed by atoms with Gasteiger partial charge in [-0.3, -0.25) is 14.9 Å². The number of non-ortho nitro benzene ring substituents is 1. The van der Waals surface area contributed by atoms with Gasteiger partial charge >= 0.3 is 0 Å². The number of carbonyl (C=O) groups excluding carboxylic acids is 1. The molecule has 1 aromatic rings. The molecule has 6 heteroatoms. The van der Waals surface area contributed by atoms with Gasteiger partial charge in [0.2, 0.25) is 0 Å². The molecule has 1 amide bonds. The lowest BCUT2D eigenvalue weighted by atomic mass is 9.93. The predicted molar refractivity (Wildman–Crippen MR) is 75.4 cm³/mol. The Labute approximate surface area is 117 Å². The van der Waals surface area contributed by atoms with Crippen LogP contribution in [0, 0.1) is 16.0 Å². The standard InChI is InChI=1S/C14H19N3O3/c1-10-2-3-11(8-15)9-16(10)14(18)12-4-6-13(7-5-12)17(19)20/h4-7,10-11H,2-3,8-9,15H2,1H3. The number of benzene rings is 1. The molecule has 1 heterocycles. The Kier molecular flexibility index (Phi) is 4.34. The molecule has 0 spiro atoms. The van der Waals surface area contributed by atoms with Gasteiger partial charge in [0, 0.05) is 30.3 Å². The largest absolute Gasteiger partial charge is 0.336 e. The van der Waals surface area contributed by atoms with Crippen LogP contribution in [0.4, 0.5) is 5.69 Å². The summed E-state index contributed by atoms with van der Waals surface area (Å²) in [7, 11) is 0. The summed E-state index contributed by atoms with van der Waals surface area (Å²) in [6.45, 7) is 3.26. The number of nitro benzene ring substituents is 1. The number of rotatable bonds is 3. The molecule has 2 rings (SSSR count). The fourth-order valence-electron chi connectivity index (χ4n) is 2.55. The molecule has 0 radical (unpaired) electrons. The zero-order valence-electron chi connectivity index (χ0n) is 11.5. The van der Waals surface area contributed by atoms with E-state index in [-0.39, 0.29) is 17.6 Å². The maximum atomic E-state index is 12.5. The van der Waals surface area contributed by atoms with Gasteiger partial charge in [0.05, 0.1) is 4.92 Å². The second-order valence-corrected chi connectivity index (χ2v) is 5.29. The smallest absolute Gasteiger partial charge is 0.269 e. The summed E-state index contributed by atoms with van der Waals surface area (Å²) in [4.78, 5) is 24.4. The summed E-state index contributed by atoms with van der Waals surface area (Å²) in [6.07, 6.45) is 1.99. The topological polar surface area (TPSA) is 89.5 Å². The normalized spacial score (nSPS) is 22.6. The van der Waals surface area contributed by atoms with Crippen LogP contribution in [0.1, 0.15) is 30.1 Å². The Balaban J connectivity index is 2.15. The van der Waals surface area contributed by atoms with Crippen LogP contribution in [-0.2, 0) is 0 Å². The highest BCUT2D eigenvalue weighted by Gasteiger charge is 2.29. The van der Waals surface area contributed by atoms with Gasteiger partial charge in [0.25, 0.3) is 11.6 Å². The zero-order chi connectivity index (χ0) is 14.7. The molecule has 1 saturated heterocycles. The zero-order valence-corrected chi connectivity index (χ0v) is 11.5. The number of likely N-dealkylation sites (tertiary alicyclic amines) is 1. The van der Waals surface area contributed by atoms with Crippen molar-refractivity contribution in [1.82, 2.24) is 4.90 Å². The van der Waals surface area contributed by atoms with Gasteiger partial charge in [-0.2, -0.15) is 0 Å². The van der Waals surface area contributed by atoms with Gasteiger partial charge < -0.3 is 10.6 Å². The van der Waals surface area contributed by atoms with Crippen LogP contribution in [-0.4, -0.2) is 34.9 Å². The Morgan fingerprint density at radius 3 is 2.60 bits per heavy atom. The number of hydrogen-bond acceptors (Lipinski definition) is 4. The first-order valence-corrected chi connectivity index (χ1v) is 6.78. The molecule has 20 heavy (non-hydrogen) atoms. The van der Waals surface area contributed by atoms with Gasteiger partial charge in [0.15, 0.2) is 0 Å². The van der Waals surface area contributed by atoms with E-state index in [1.807, 2.05) is 11.8 Å². The van der Waals surface area contributed by atoms with Crippen molar-refractivity contribution in [3.05, 3.63) is 39.9 Å². The van der Waals surface area contributed by atoms with Gasteiger partial charge in [-0.05, 0) is 44.4 Å². The first-order chi connectivity index (χ1) is 9.52. The van der Waals surface area contributed by atoms with Crippen LogP contribution in [0.15, 0.2) is 24.3 Å². The number of hydrogen-bond donors (Lipinski definition) is 1. The fourth-order valence-corrected chi connectivity index (χ4v) is 2.55. The minimum atomic E-state index is -0.470. The molecule has 2 unspecified atom stereocenters. The maximum absolute atomic E-state index is 12.5. The van der Waals surface area contributed by atoms with Crippen LogP contribution in [0.25, 0.3) is 0 Å². The number of amides is 1. The van der Waals surface area contributed by atoms with Crippen LogP contribution < -0.4 is 5.73 Å². The van der Waals surface area contributed by atoms with Crippen molar-refractivity contribution in [3.63, 3.8) is 0 Å². The molecule has 2 atom stereocenters. The first-order valence-electron chi connectivity index (χ1n) is 6.78. The predicted octanol–water partition coefficient (Wildman–Crippen LogP) is 1.79. The van der Waals surface area contributed by atoms with Crippen molar-refractivity contribution in [1.29, 1.82) is 0 Å². The number of nitrogens with zero attached hydrogens (tertiary/aromatic N) is 2. The highest BCUT2D eigenvalue weighted by Crippen LogP contribution is 2.23. The highest BCUT2D eigenvalue weighted by molar-refractivity contribution is 5.94. The lowest BCUT2D eigenvalue weighted by Crippen LogP contribution is -2.47. The summed E-state index contributed by atoms with van der Waals surface area (Å²) in [5.41, 5.74) is 6.17. The van der Waals surface area contributed by atoms with Crippen molar-refractivity contribution in [2.24, 2.45) is 11.7 Å². The SMILES string of the molecule is CC1CCC(CN)CN1C(=O)c1ccc([N+](=O)[O-])cc1. The minimum absolute atomic E-state index is 0.00641. The van der Waals surface area contributed by atoms with Crippen LogP contribution in [0.3, 0.4) is 0 Å². The number of carbonyl (C=O) groups is 1. The summed E-state index contributed by atoms with van der Waals surface area (Å²) >= 11 is 0. The van der Waals surface area contributed by atoms with Gasteiger partial charge in [-0.1, -0.05) is 0 Å². The second-order valence-electron chi connectivity index (χ2n) is 5.29. The lowest BCUT2D eigenvalue weighted by molar-refractivity contribution is -0.384. The summed E-state index contributed by atoms with van der Waals surface area (Å²) < 4.78 is 0. The van der Waals surface area contributed by atoms with E-state index in [1.54, 1.807) is 0 Å². The Morgan fingerprint density at radius 2 is 2.05 bits per heavy atom. The monoisotopic (exact) mass is 277 g/mol. The third kappa shape index (κ3) is 2.96. The highest BCUT2D eigenvalue weighted by atomic mass is 16.6. The summed E-state index contributed by atoms with van der Waals surface area (Å²) in [6, 6.07) is 5.93. The molecule has 1 fully saturated rings. The molecule has 108 valence electrons. The third-order valence-corrected chi connectivity index (χ3v) is 3.90. The van der Waals surface area contributed by atoms with Gasteiger partial charge in [-0.25, -0.2) is 0 Å². The molecular formula is C14H19N3O3. The molecule has 0 aromatic heterocycles. The fraction of sp³-hybridized carbons (Fsp3) is 0.500. The summed E-state index contributed by atoms with van der Waals surface area (Å²) in [5.74, 6) is 0.263. The van der Waals surface area contributed by atoms with Crippen LogP contribution in [0.2, 0.25) is 0 Å². The van der Waals surface area contributed by atoms with Crippen molar-refractivity contribution < 1.29 is 9.72 Å². The quantitative estimate of drug-likeness (QED) is 0.673. The van der Waals surface area contributed by atoms with Crippen molar-refractivity contribution >= 4 is 11.6 Å². The van der Waals surface area contributed by atoms with E-state index in [9.17, 15) is 14.9 Å². The number of nitrogens with two attached hydrogens (primary N) is 1. The van der Waals surface area contributed by atoms with Gasteiger partial charge in [0.1, 0.15) is 0 Å². The van der Waals surface area contributed by atoms with Crippen LogP contribution in [0.5, 0.6) is 0 Å². The van der Waals surface area contributed by atoms with Crippen molar-refractivity contribution in [3.8, 4) is 0 Å². The van der Waals surface area contributed by atoms with E-state index in [0.717, 1.165) is 12.8 Å². The number of nitro groups is 1. The van der Waals surface area contributed by atoms with E-state index < -0.39 is 4.92 Å². The van der Waals surface area contributed by atoms with Gasteiger partial charge in [-0.15, -0.1) is 0 Å². The van der Waals surface area contributed by atoms with E-state index >= 15 is 0 Å². The molecular weight excluding hydrogens is 258 g/mol. The molecule has 1 aromatic carbocycles. The molecule has 0 bridgehead atoms. The van der Waals surface area contributed by atoms with Crippen LogP contribution >= 0.6 is 0 Å². The van der Waals surface area contributed by atoms with Crippen molar-refractivity contribution in [2.75, 3.05) is 13.1 Å². The molecule has 6 nitrogen and oxygen atoms in total. The second kappa shape index (κ2) is 6.00. The molecule has 1 aliphatic rings. The molecule has 0 aliphatic carbocycles. The van der Waals surface area contributed by atoms with E-state index in [1.165, 1.54) is 24.3 Å². The molecule has 2 N–H and O–H groups in total. The Hall–Kier alpha value is -1.95. The average molecular weight is 277 g/mol. The van der Waals surface area contributed by atoms with E-state index in [4.69, 9.17) is 5.73 Å².